The molecular weight excluding hydrogens is 857 g/mol. The summed E-state index contributed by atoms with van der Waals surface area (Å²) in [5.74, 6) is -6.93. The number of nitrogens with one attached hydrogen (secondary N) is 3. The quantitative estimate of drug-likeness (QED) is 0.0382. The summed E-state index contributed by atoms with van der Waals surface area (Å²) >= 11 is 0. The Labute approximate surface area is 377 Å². The van der Waals surface area contributed by atoms with E-state index in [1.807, 2.05) is 30.3 Å². The summed E-state index contributed by atoms with van der Waals surface area (Å²) < 4.78 is 10.9. The third-order valence-electron chi connectivity index (χ3n) is 13.1. The number of amides is 1. The minimum Gasteiger partial charge on any atom is -0.508 e. The number of nitrogens with zero attached hydrogens (tertiary/aromatic N) is 2. The topological polar surface area (TPSA) is 317 Å². The number of fused-ring (bicyclic) bond motifs is 1. The van der Waals surface area contributed by atoms with Crippen LogP contribution in [0.1, 0.15) is 65.2 Å². The van der Waals surface area contributed by atoms with Crippen LogP contribution in [0.15, 0.2) is 91.4 Å². The van der Waals surface area contributed by atoms with Gasteiger partial charge in [-0.15, -0.1) is 0 Å². The number of aldehydes is 1. The normalized spacial score (nSPS) is 27.7. The number of carboxylic acid groups (broad SMARTS) is 1. The fourth-order valence-corrected chi connectivity index (χ4v) is 9.71. The molecule has 0 bridgehead atoms. The van der Waals surface area contributed by atoms with E-state index in [0.29, 0.717) is 41.2 Å². The van der Waals surface area contributed by atoms with Crippen molar-refractivity contribution in [2.75, 3.05) is 16.8 Å². The average molecular weight is 909 g/mol. The number of imidazole rings is 1. The van der Waals surface area contributed by atoms with Crippen LogP contribution in [0.5, 0.6) is 17.2 Å². The minimum absolute atomic E-state index is 0.0321. The number of hydrogen-bond donors (Lipinski definition) is 12. The van der Waals surface area contributed by atoms with Crippen molar-refractivity contribution in [3.63, 3.8) is 0 Å². The van der Waals surface area contributed by atoms with Gasteiger partial charge in [0.15, 0.2) is 17.6 Å². The third-order valence-corrected chi connectivity index (χ3v) is 13.1. The molecule has 3 aromatic carbocycles. The number of H-pyrrole nitrogens is 2. The Bertz CT molecular complexity index is 2570. The van der Waals surface area contributed by atoms with E-state index < -0.39 is 83.8 Å². The first kappa shape index (κ1) is 46.0. The molecule has 10 atom stereocenters. The first-order valence-electron chi connectivity index (χ1n) is 21.5. The van der Waals surface area contributed by atoms with Gasteiger partial charge in [0, 0.05) is 59.8 Å². The van der Waals surface area contributed by atoms with E-state index in [1.165, 1.54) is 24.5 Å². The molecular formula is C47H52N6O13. The van der Waals surface area contributed by atoms with Crippen LogP contribution in [0.4, 0.5) is 11.5 Å². The lowest BCUT2D eigenvalue weighted by atomic mass is 9.68. The van der Waals surface area contributed by atoms with Gasteiger partial charge in [-0.05, 0) is 72.4 Å². The second kappa shape index (κ2) is 18.7. The summed E-state index contributed by atoms with van der Waals surface area (Å²) in [5.41, 5.74) is 9.36. The number of aliphatic hydroxyl groups excluding tert-OH is 4. The monoisotopic (exact) mass is 908 g/mol. The molecule has 1 saturated carbocycles. The molecule has 2 fully saturated rings. The summed E-state index contributed by atoms with van der Waals surface area (Å²) in [7, 11) is 0. The lowest BCUT2D eigenvalue weighted by molar-refractivity contribution is -0.422. The van der Waals surface area contributed by atoms with Gasteiger partial charge in [-0.2, -0.15) is 0 Å². The summed E-state index contributed by atoms with van der Waals surface area (Å²) in [6.45, 7) is -0.907. The van der Waals surface area contributed by atoms with Gasteiger partial charge < -0.3 is 76.1 Å². The molecule has 348 valence electrons. The highest BCUT2D eigenvalue weighted by Crippen LogP contribution is 2.54. The van der Waals surface area contributed by atoms with E-state index in [0.717, 1.165) is 35.3 Å². The maximum atomic E-state index is 14.6. The lowest BCUT2D eigenvalue weighted by Crippen LogP contribution is -2.67. The maximum absolute atomic E-state index is 14.6. The van der Waals surface area contributed by atoms with Gasteiger partial charge in [-0.1, -0.05) is 42.8 Å². The number of carbonyl (C=O) groups is 3. The largest absolute Gasteiger partial charge is 0.508 e. The van der Waals surface area contributed by atoms with Gasteiger partial charge in [0.1, 0.15) is 42.2 Å². The van der Waals surface area contributed by atoms with E-state index in [-0.39, 0.29) is 42.3 Å². The Kier molecular flexibility index (Phi) is 13.0. The van der Waals surface area contributed by atoms with Crippen LogP contribution in [0.3, 0.4) is 0 Å². The maximum Gasteiger partial charge on any atom is 0.355 e. The SMILES string of the molecule is N[C@@H]1CCC[C@]1(C[C@@H]1c2cc(O)c(O[C@]3(O)O[C@H](CO)[C@@H](O)[C@H](O)[C@H]3O)cc2N(C(=O)/C=C/c2ccc(O)c(Cc3[nH]cnc3C[C@H](C=O)Nc3ccc[nH]3)c2)[C@H]1C(=O)O)c1ccccc1. The number of aromatic hydroxyl groups is 2. The van der Waals surface area contributed by atoms with Crippen LogP contribution in [0.25, 0.3) is 6.08 Å². The number of phenols is 2. The van der Waals surface area contributed by atoms with Gasteiger partial charge in [0.05, 0.1) is 30.4 Å². The molecule has 66 heavy (non-hydrogen) atoms. The highest BCUT2D eigenvalue weighted by Gasteiger charge is 2.56. The van der Waals surface area contributed by atoms with Crippen molar-refractivity contribution in [2.45, 2.75) is 98.4 Å². The number of phenolic OH excluding ortho intramolecular Hbond substituents is 2. The van der Waals surface area contributed by atoms with Crippen molar-refractivity contribution < 1.29 is 64.7 Å². The van der Waals surface area contributed by atoms with Crippen molar-refractivity contribution in [2.24, 2.45) is 5.73 Å². The van der Waals surface area contributed by atoms with E-state index >= 15 is 0 Å². The molecule has 5 aromatic rings. The number of hydrogen-bond acceptors (Lipinski definition) is 15. The molecule has 8 rings (SSSR count). The number of rotatable bonds is 16. The predicted octanol–water partition coefficient (Wildman–Crippen LogP) is 1.90. The molecule has 1 saturated heterocycles. The van der Waals surface area contributed by atoms with Crippen molar-refractivity contribution in [1.82, 2.24) is 15.0 Å². The fourth-order valence-electron chi connectivity index (χ4n) is 9.71. The zero-order valence-corrected chi connectivity index (χ0v) is 35.5. The molecule has 4 heterocycles. The van der Waals surface area contributed by atoms with Crippen molar-refractivity contribution in [3.8, 4) is 17.2 Å². The number of ether oxygens (including phenoxy) is 2. The molecule has 1 amide bonds. The number of anilines is 2. The summed E-state index contributed by atoms with van der Waals surface area (Å²) in [6.07, 6.45) is 1.33. The van der Waals surface area contributed by atoms with Crippen molar-refractivity contribution in [1.29, 1.82) is 0 Å². The molecule has 1 aliphatic carbocycles. The molecule has 0 unspecified atom stereocenters. The molecule has 2 aliphatic heterocycles. The average Bonchev–Trinajstić information content (AvgIpc) is 4.13. The van der Waals surface area contributed by atoms with Gasteiger partial charge in [-0.25, -0.2) is 9.78 Å². The Morgan fingerprint density at radius 2 is 1.82 bits per heavy atom. The summed E-state index contributed by atoms with van der Waals surface area (Å²) in [4.78, 5) is 51.6. The number of benzene rings is 3. The van der Waals surface area contributed by atoms with E-state index in [2.05, 4.69) is 20.3 Å². The smallest absolute Gasteiger partial charge is 0.355 e. The molecule has 0 radical (unpaired) electrons. The molecule has 19 nitrogen and oxygen atoms in total. The fraction of sp³-hybridized carbons (Fsp3) is 0.362. The van der Waals surface area contributed by atoms with Crippen LogP contribution < -0.4 is 20.7 Å². The van der Waals surface area contributed by atoms with E-state index in [9.17, 15) is 55.2 Å². The van der Waals surface area contributed by atoms with Gasteiger partial charge in [-0.3, -0.25) is 9.69 Å². The Hall–Kier alpha value is -6.58. The number of aromatic amines is 2. The number of carbonyl (C=O) groups excluding carboxylic acids is 2. The number of aliphatic hydroxyl groups is 5. The Morgan fingerprint density at radius 1 is 1.03 bits per heavy atom. The number of nitrogens with two attached hydrogens (primary N) is 1. The molecule has 13 N–H and O–H groups in total. The second-order valence-electron chi connectivity index (χ2n) is 17.1. The van der Waals surface area contributed by atoms with Gasteiger partial charge in [0.25, 0.3) is 5.91 Å². The molecule has 0 spiro atoms. The van der Waals surface area contributed by atoms with Gasteiger partial charge in [0.2, 0.25) is 0 Å². The van der Waals surface area contributed by atoms with E-state index in [4.69, 9.17) is 15.2 Å². The summed E-state index contributed by atoms with van der Waals surface area (Å²) in [5, 5.41) is 89.1. The predicted molar refractivity (Wildman–Crippen MR) is 236 cm³/mol. The summed E-state index contributed by atoms with van der Waals surface area (Å²) in [6, 6.07) is 17.5. The number of aromatic nitrogens is 3. The Balaban J connectivity index is 1.13. The highest BCUT2D eigenvalue weighted by atomic mass is 16.8. The zero-order chi connectivity index (χ0) is 46.9. The standard InChI is InChI=1S/C47H52N6O13/c48-38-8-4-14-46(38,27-6-2-1-3-7-27)21-30-29-19-35(57)36(65-47(64)44(61)43(60)42(59)37(23-55)66-47)20-33(29)53(41(30)45(62)63)40(58)13-11-25-10-12-34(56)26(16-25)17-31-32(51-24-50-31)18-28(22-54)52-39-9-5-15-49-39/h1-3,5-7,9-13,15-16,19-20,22,24,28,30,37-38,41-44,49,52,55-57,59-61,64H,4,8,14,17-18,21,23,48H2,(H,50,51)(H,62,63)/b13-11+/t28-,30-,37-,38-,41-,42-,43+,44-,46+,47+/m1/s1. The zero-order valence-electron chi connectivity index (χ0n) is 35.5. The first-order chi connectivity index (χ1) is 31.7. The lowest BCUT2D eigenvalue weighted by Gasteiger charge is -2.44. The van der Waals surface area contributed by atoms with Crippen LogP contribution in [0, 0.1) is 0 Å². The van der Waals surface area contributed by atoms with Crippen LogP contribution in [-0.4, -0.2) is 129 Å². The molecule has 19 heteroatoms. The van der Waals surface area contributed by atoms with Crippen LogP contribution in [-0.2, 0) is 37.4 Å². The first-order valence-corrected chi connectivity index (χ1v) is 21.5. The van der Waals surface area contributed by atoms with Crippen molar-refractivity contribution >= 4 is 35.7 Å². The molecule has 2 aromatic heterocycles. The Morgan fingerprint density at radius 3 is 2.50 bits per heavy atom. The highest BCUT2D eigenvalue weighted by molar-refractivity contribution is 6.10. The van der Waals surface area contributed by atoms with Crippen LogP contribution in [0.2, 0.25) is 0 Å². The minimum atomic E-state index is -3.15. The number of aliphatic carboxylic acids is 1. The third kappa shape index (κ3) is 8.76. The van der Waals surface area contributed by atoms with E-state index in [1.54, 1.807) is 30.5 Å². The van der Waals surface area contributed by atoms with Gasteiger partial charge >= 0.3 is 11.9 Å². The number of carboxylic acids is 1. The second-order valence-corrected chi connectivity index (χ2v) is 17.1. The molecule has 3 aliphatic rings. The van der Waals surface area contributed by atoms with Crippen molar-refractivity contribution in [3.05, 3.63) is 125 Å². The van der Waals surface area contributed by atoms with Crippen LogP contribution >= 0.6 is 0 Å².